The minimum Gasteiger partial charge on any atom is -0.458 e. The van der Waals surface area contributed by atoms with Crippen LogP contribution in [0.25, 0.3) is 0 Å². The van der Waals surface area contributed by atoms with Crippen LogP contribution in [0.5, 0.6) is 0 Å². The second-order valence-corrected chi connectivity index (χ2v) is 4.58. The van der Waals surface area contributed by atoms with Gasteiger partial charge in [0.15, 0.2) is 0 Å². The van der Waals surface area contributed by atoms with E-state index in [0.29, 0.717) is 5.57 Å². The lowest BCUT2D eigenvalue weighted by molar-refractivity contribution is -0.138. The molecule has 1 aliphatic heterocycles. The van der Waals surface area contributed by atoms with E-state index in [1.54, 1.807) is 0 Å². The molecule has 0 aromatic heterocycles. The Kier molecular flexibility index (Phi) is 2.65. The predicted octanol–water partition coefficient (Wildman–Crippen LogP) is 3.03. The molecule has 78 valence electrons. The fraction of sp³-hybridized carbons (Fsp3) is 0.250. The Morgan fingerprint density at radius 2 is 1.93 bits per heavy atom. The third-order valence-electron chi connectivity index (χ3n) is 2.63. The molecule has 0 aliphatic carbocycles. The first-order chi connectivity index (χ1) is 7.09. The fourth-order valence-electron chi connectivity index (χ4n) is 1.87. The summed E-state index contributed by atoms with van der Waals surface area (Å²) in [7, 11) is 0. The van der Waals surface area contributed by atoms with E-state index in [2.05, 4.69) is 22.5 Å². The van der Waals surface area contributed by atoms with Crippen molar-refractivity contribution in [3.8, 4) is 0 Å². The van der Waals surface area contributed by atoms with Crippen molar-refractivity contribution in [2.24, 2.45) is 0 Å². The van der Waals surface area contributed by atoms with Crippen LogP contribution in [0.15, 0.2) is 40.9 Å². The Morgan fingerprint density at radius 3 is 2.40 bits per heavy atom. The van der Waals surface area contributed by atoms with E-state index in [0.717, 1.165) is 10.0 Å². The van der Waals surface area contributed by atoms with E-state index in [9.17, 15) is 4.79 Å². The lowest BCUT2D eigenvalue weighted by atomic mass is 9.90. The summed E-state index contributed by atoms with van der Waals surface area (Å²) < 4.78 is 6.14. The maximum Gasteiger partial charge on any atom is 0.334 e. The Bertz CT molecular complexity index is 408. The van der Waals surface area contributed by atoms with E-state index in [1.807, 2.05) is 31.2 Å². The molecule has 1 aliphatic rings. The number of ether oxygens (including phenoxy) is 1. The number of esters is 1. The number of hydrogen-bond acceptors (Lipinski definition) is 2. The molecule has 0 spiro atoms. The minimum absolute atomic E-state index is 0.00870. The summed E-state index contributed by atoms with van der Waals surface area (Å²) in [6.45, 7) is 5.67. The molecular formula is C12H11BrO2. The zero-order chi connectivity index (χ0) is 11.0. The molecule has 1 aromatic carbocycles. The molecule has 0 saturated carbocycles. The molecule has 1 fully saturated rings. The Labute approximate surface area is 97.1 Å². The van der Waals surface area contributed by atoms with Crippen molar-refractivity contribution in [2.45, 2.75) is 18.9 Å². The zero-order valence-corrected chi connectivity index (χ0v) is 9.95. The van der Waals surface area contributed by atoms with Gasteiger partial charge in [0.1, 0.15) is 6.10 Å². The number of hydrogen-bond donors (Lipinski definition) is 0. The van der Waals surface area contributed by atoms with Crippen LogP contribution in [0.2, 0.25) is 0 Å². The van der Waals surface area contributed by atoms with Gasteiger partial charge in [-0.1, -0.05) is 34.6 Å². The molecule has 1 saturated heterocycles. The van der Waals surface area contributed by atoms with Gasteiger partial charge in [0.05, 0.1) is 5.92 Å². The third-order valence-corrected chi connectivity index (χ3v) is 3.16. The van der Waals surface area contributed by atoms with Crippen LogP contribution in [0.1, 0.15) is 18.4 Å². The Balaban J connectivity index is 2.35. The normalized spacial score (nSPS) is 25.5. The van der Waals surface area contributed by atoms with Crippen molar-refractivity contribution in [3.63, 3.8) is 0 Å². The molecule has 0 amide bonds. The van der Waals surface area contributed by atoms with Crippen molar-refractivity contribution in [2.75, 3.05) is 0 Å². The zero-order valence-electron chi connectivity index (χ0n) is 8.37. The SMILES string of the molecule is C=C1C(=O)O[C@H](C)[C@@H]1c1ccc(Br)cc1. The van der Waals surface area contributed by atoms with Crippen LogP contribution in [-0.4, -0.2) is 12.1 Å². The van der Waals surface area contributed by atoms with Crippen LogP contribution >= 0.6 is 15.9 Å². The number of carbonyl (C=O) groups is 1. The summed E-state index contributed by atoms with van der Waals surface area (Å²) in [5.74, 6) is -0.291. The van der Waals surface area contributed by atoms with Gasteiger partial charge in [-0.05, 0) is 24.6 Å². The Morgan fingerprint density at radius 1 is 1.33 bits per heavy atom. The molecule has 3 heteroatoms. The van der Waals surface area contributed by atoms with Gasteiger partial charge in [0, 0.05) is 10.0 Å². The number of cyclic esters (lactones) is 1. The first-order valence-corrected chi connectivity index (χ1v) is 5.54. The average Bonchev–Trinajstić information content (AvgIpc) is 2.44. The molecule has 0 bridgehead atoms. The summed E-state index contributed by atoms with van der Waals surface area (Å²) in [6, 6.07) is 7.88. The van der Waals surface area contributed by atoms with Gasteiger partial charge in [0.25, 0.3) is 0 Å². The molecule has 2 rings (SSSR count). The second kappa shape index (κ2) is 3.81. The van der Waals surface area contributed by atoms with Crippen molar-refractivity contribution in [1.29, 1.82) is 0 Å². The number of rotatable bonds is 1. The van der Waals surface area contributed by atoms with Gasteiger partial charge >= 0.3 is 5.97 Å². The van der Waals surface area contributed by atoms with Crippen molar-refractivity contribution in [1.82, 2.24) is 0 Å². The maximum absolute atomic E-state index is 11.3. The van der Waals surface area contributed by atoms with E-state index in [1.165, 1.54) is 0 Å². The molecular weight excluding hydrogens is 256 g/mol. The van der Waals surface area contributed by atoms with Crippen molar-refractivity contribution in [3.05, 3.63) is 46.5 Å². The van der Waals surface area contributed by atoms with Crippen LogP contribution in [0.3, 0.4) is 0 Å². The topological polar surface area (TPSA) is 26.3 Å². The monoisotopic (exact) mass is 266 g/mol. The second-order valence-electron chi connectivity index (χ2n) is 3.66. The highest BCUT2D eigenvalue weighted by atomic mass is 79.9. The fourth-order valence-corrected chi connectivity index (χ4v) is 2.13. The third kappa shape index (κ3) is 1.84. The molecule has 2 nitrogen and oxygen atoms in total. The highest BCUT2D eigenvalue weighted by Crippen LogP contribution is 2.35. The maximum atomic E-state index is 11.3. The largest absolute Gasteiger partial charge is 0.458 e. The van der Waals surface area contributed by atoms with Crippen LogP contribution in [0.4, 0.5) is 0 Å². The number of halogens is 1. The summed E-state index contributed by atoms with van der Waals surface area (Å²) in [4.78, 5) is 11.3. The van der Waals surface area contributed by atoms with Gasteiger partial charge in [-0.25, -0.2) is 4.79 Å². The smallest absolute Gasteiger partial charge is 0.334 e. The molecule has 1 heterocycles. The lowest BCUT2D eigenvalue weighted by Gasteiger charge is -2.13. The van der Waals surface area contributed by atoms with Crippen LogP contribution in [0, 0.1) is 0 Å². The Hall–Kier alpha value is -1.09. The lowest BCUT2D eigenvalue weighted by Crippen LogP contribution is -2.09. The number of benzene rings is 1. The molecule has 0 radical (unpaired) electrons. The van der Waals surface area contributed by atoms with Gasteiger partial charge in [-0.15, -0.1) is 0 Å². The molecule has 1 aromatic rings. The summed E-state index contributed by atoms with van der Waals surface area (Å²) in [5.41, 5.74) is 1.62. The van der Waals surface area contributed by atoms with Crippen molar-refractivity contribution < 1.29 is 9.53 Å². The van der Waals surface area contributed by atoms with Gasteiger partial charge in [0.2, 0.25) is 0 Å². The van der Waals surface area contributed by atoms with Crippen LogP contribution in [-0.2, 0) is 9.53 Å². The highest BCUT2D eigenvalue weighted by molar-refractivity contribution is 9.10. The summed E-state index contributed by atoms with van der Waals surface area (Å²) in [5, 5.41) is 0. The molecule has 15 heavy (non-hydrogen) atoms. The minimum atomic E-state index is -0.282. The van der Waals surface area contributed by atoms with Gasteiger partial charge in [-0.2, -0.15) is 0 Å². The molecule has 0 unspecified atom stereocenters. The quantitative estimate of drug-likeness (QED) is 0.577. The summed E-state index contributed by atoms with van der Waals surface area (Å²) >= 11 is 3.38. The van der Waals surface area contributed by atoms with Crippen molar-refractivity contribution >= 4 is 21.9 Å². The molecule has 0 N–H and O–H groups in total. The van der Waals surface area contributed by atoms with E-state index < -0.39 is 0 Å². The van der Waals surface area contributed by atoms with E-state index in [4.69, 9.17) is 4.74 Å². The van der Waals surface area contributed by atoms with Gasteiger partial charge < -0.3 is 4.74 Å². The van der Waals surface area contributed by atoms with E-state index >= 15 is 0 Å². The molecule has 2 atom stereocenters. The van der Waals surface area contributed by atoms with E-state index in [-0.39, 0.29) is 18.0 Å². The van der Waals surface area contributed by atoms with Gasteiger partial charge in [-0.3, -0.25) is 0 Å². The summed E-state index contributed by atoms with van der Waals surface area (Å²) in [6.07, 6.45) is -0.119. The standard InChI is InChI=1S/C12H11BrO2/c1-7-11(8(2)15-12(7)14)9-3-5-10(13)6-4-9/h3-6,8,11H,1H2,2H3/t8-,11-/m1/s1. The highest BCUT2D eigenvalue weighted by Gasteiger charge is 2.36. The van der Waals surface area contributed by atoms with Crippen LogP contribution < -0.4 is 0 Å². The predicted molar refractivity (Wildman–Crippen MR) is 61.6 cm³/mol. The first-order valence-electron chi connectivity index (χ1n) is 4.75. The first kappa shape index (κ1) is 10.4. The number of carbonyl (C=O) groups excluding carboxylic acids is 1. The average molecular weight is 267 g/mol.